The van der Waals surface area contributed by atoms with Crippen LogP contribution < -0.4 is 10.6 Å². The standard InChI is InChI=1S/C17H22BrFN6O.HI/c1-20-17(21-8-11-7-12(19)3-5-14(11)18)22-13-4-6-16-23-15(10-26-2)24-25(16)9-13;/h3,5,7,13H,4,6,8-10H2,1-2H3,(H2,20,21,22);1H. The summed E-state index contributed by atoms with van der Waals surface area (Å²) in [5.74, 6) is 2.11. The van der Waals surface area contributed by atoms with Gasteiger partial charge in [-0.1, -0.05) is 15.9 Å². The molecule has 2 aromatic rings. The average Bonchev–Trinajstić information content (AvgIpc) is 3.03. The lowest BCUT2D eigenvalue weighted by Crippen LogP contribution is -2.46. The molecule has 0 bridgehead atoms. The smallest absolute Gasteiger partial charge is 0.191 e. The highest BCUT2D eigenvalue weighted by atomic mass is 127. The van der Waals surface area contributed by atoms with E-state index in [2.05, 4.69) is 41.6 Å². The van der Waals surface area contributed by atoms with Crippen molar-refractivity contribution in [1.82, 2.24) is 25.4 Å². The minimum atomic E-state index is -0.259. The summed E-state index contributed by atoms with van der Waals surface area (Å²) in [6, 6.07) is 4.83. The van der Waals surface area contributed by atoms with E-state index in [0.29, 0.717) is 24.9 Å². The summed E-state index contributed by atoms with van der Waals surface area (Å²) in [4.78, 5) is 8.74. The number of aryl methyl sites for hydroxylation is 1. The predicted molar refractivity (Wildman–Crippen MR) is 116 cm³/mol. The third-order valence-electron chi connectivity index (χ3n) is 4.19. The van der Waals surface area contributed by atoms with Crippen molar-refractivity contribution in [2.75, 3.05) is 14.2 Å². The van der Waals surface area contributed by atoms with E-state index < -0.39 is 0 Å². The number of hydrogen-bond donors (Lipinski definition) is 2. The van der Waals surface area contributed by atoms with Crippen LogP contribution in [0.1, 0.15) is 23.6 Å². The zero-order valence-electron chi connectivity index (χ0n) is 15.2. The van der Waals surface area contributed by atoms with Crippen molar-refractivity contribution in [3.8, 4) is 0 Å². The highest BCUT2D eigenvalue weighted by molar-refractivity contribution is 14.0. The number of guanidine groups is 1. The maximum absolute atomic E-state index is 13.4. The van der Waals surface area contributed by atoms with Gasteiger partial charge in [0, 0.05) is 37.6 Å². The van der Waals surface area contributed by atoms with E-state index >= 15 is 0 Å². The first kappa shape index (κ1) is 22.0. The molecule has 2 heterocycles. The van der Waals surface area contributed by atoms with Gasteiger partial charge in [-0.05, 0) is 30.2 Å². The van der Waals surface area contributed by atoms with Crippen LogP contribution in [0.2, 0.25) is 0 Å². The average molecular weight is 553 g/mol. The fourth-order valence-electron chi connectivity index (χ4n) is 2.91. The number of methoxy groups -OCH3 is 1. The topological polar surface area (TPSA) is 76.4 Å². The zero-order chi connectivity index (χ0) is 18.5. The van der Waals surface area contributed by atoms with Crippen LogP contribution in [0.3, 0.4) is 0 Å². The molecule has 1 aromatic heterocycles. The van der Waals surface area contributed by atoms with Crippen molar-refractivity contribution < 1.29 is 9.13 Å². The molecule has 1 aliphatic rings. The highest BCUT2D eigenvalue weighted by Crippen LogP contribution is 2.17. The largest absolute Gasteiger partial charge is 0.377 e. The fourth-order valence-corrected chi connectivity index (χ4v) is 3.30. The highest BCUT2D eigenvalue weighted by Gasteiger charge is 2.22. The quantitative estimate of drug-likeness (QED) is 0.339. The third-order valence-corrected chi connectivity index (χ3v) is 4.97. The van der Waals surface area contributed by atoms with E-state index in [4.69, 9.17) is 4.74 Å². The number of nitrogens with one attached hydrogen (secondary N) is 2. The van der Waals surface area contributed by atoms with Crippen molar-refractivity contribution in [3.05, 3.63) is 45.7 Å². The van der Waals surface area contributed by atoms with Gasteiger partial charge in [-0.3, -0.25) is 4.99 Å². The lowest BCUT2D eigenvalue weighted by molar-refractivity contribution is 0.177. The van der Waals surface area contributed by atoms with Gasteiger partial charge in [0.15, 0.2) is 11.8 Å². The molecule has 1 aliphatic heterocycles. The monoisotopic (exact) mass is 552 g/mol. The molecule has 10 heteroatoms. The SMILES string of the molecule is CN=C(NCc1cc(F)ccc1Br)NC1CCc2nc(COC)nn2C1.I. The molecule has 0 saturated heterocycles. The molecule has 2 N–H and O–H groups in total. The minimum Gasteiger partial charge on any atom is -0.377 e. The first-order valence-corrected chi connectivity index (χ1v) is 9.21. The molecule has 0 radical (unpaired) electrons. The minimum absolute atomic E-state index is 0. The summed E-state index contributed by atoms with van der Waals surface area (Å²) in [5, 5.41) is 11.1. The van der Waals surface area contributed by atoms with Crippen molar-refractivity contribution in [2.24, 2.45) is 4.99 Å². The number of rotatable bonds is 5. The maximum Gasteiger partial charge on any atom is 0.191 e. The Bertz CT molecular complexity index is 800. The molecular formula is C17H23BrFIN6O. The van der Waals surface area contributed by atoms with Crippen LogP contribution in [0.5, 0.6) is 0 Å². The molecule has 1 unspecified atom stereocenters. The Kier molecular flexibility index (Phi) is 8.42. The molecule has 148 valence electrons. The van der Waals surface area contributed by atoms with Crippen molar-refractivity contribution in [3.63, 3.8) is 0 Å². The van der Waals surface area contributed by atoms with Crippen molar-refractivity contribution >= 4 is 45.9 Å². The van der Waals surface area contributed by atoms with Crippen LogP contribution in [0, 0.1) is 5.82 Å². The predicted octanol–water partition coefficient (Wildman–Crippen LogP) is 2.62. The van der Waals surface area contributed by atoms with E-state index in [1.165, 1.54) is 12.1 Å². The second kappa shape index (κ2) is 10.3. The maximum atomic E-state index is 13.4. The van der Waals surface area contributed by atoms with E-state index in [1.54, 1.807) is 20.2 Å². The summed E-state index contributed by atoms with van der Waals surface area (Å²) in [6.07, 6.45) is 1.79. The molecule has 7 nitrogen and oxygen atoms in total. The number of hydrogen-bond acceptors (Lipinski definition) is 4. The van der Waals surface area contributed by atoms with Gasteiger partial charge in [0.25, 0.3) is 0 Å². The number of benzene rings is 1. The third kappa shape index (κ3) is 5.85. The number of fused-ring (bicyclic) bond motifs is 1. The fraction of sp³-hybridized carbons (Fsp3) is 0.471. The van der Waals surface area contributed by atoms with E-state index in [-0.39, 0.29) is 35.8 Å². The second-order valence-electron chi connectivity index (χ2n) is 6.10. The zero-order valence-corrected chi connectivity index (χ0v) is 19.1. The Morgan fingerprint density at radius 2 is 2.30 bits per heavy atom. The van der Waals surface area contributed by atoms with Crippen molar-refractivity contribution in [1.29, 1.82) is 0 Å². The number of ether oxygens (including phenoxy) is 1. The molecule has 0 spiro atoms. The van der Waals surface area contributed by atoms with Gasteiger partial charge in [-0.25, -0.2) is 14.1 Å². The number of aliphatic imine (C=N–C) groups is 1. The van der Waals surface area contributed by atoms with E-state index in [9.17, 15) is 4.39 Å². The van der Waals surface area contributed by atoms with Crippen LogP contribution in [0.4, 0.5) is 4.39 Å². The lowest BCUT2D eigenvalue weighted by Gasteiger charge is -2.25. The molecule has 0 saturated carbocycles. The Labute approximate surface area is 183 Å². The van der Waals surface area contributed by atoms with Gasteiger partial charge in [-0.15, -0.1) is 24.0 Å². The van der Waals surface area contributed by atoms with E-state index in [0.717, 1.165) is 35.2 Å². The first-order chi connectivity index (χ1) is 12.6. The molecule has 1 aromatic carbocycles. The molecule has 1 atom stereocenters. The second-order valence-corrected chi connectivity index (χ2v) is 6.96. The normalized spacial score (nSPS) is 16.4. The van der Waals surface area contributed by atoms with Crippen LogP contribution >= 0.6 is 39.9 Å². The molecule has 0 aliphatic carbocycles. The Balaban J connectivity index is 0.00000261. The number of nitrogens with zero attached hydrogens (tertiary/aromatic N) is 4. The molecule has 0 fully saturated rings. The number of aromatic nitrogens is 3. The Morgan fingerprint density at radius 1 is 1.48 bits per heavy atom. The number of halogens is 3. The van der Waals surface area contributed by atoms with E-state index in [1.807, 2.05) is 4.68 Å². The van der Waals surface area contributed by atoms with Crippen LogP contribution in [0.15, 0.2) is 27.7 Å². The van der Waals surface area contributed by atoms with Crippen LogP contribution in [0.25, 0.3) is 0 Å². The van der Waals surface area contributed by atoms with Crippen LogP contribution in [-0.2, 0) is 30.9 Å². The summed E-state index contributed by atoms with van der Waals surface area (Å²) in [5.41, 5.74) is 0.833. The molecule has 0 amide bonds. The van der Waals surface area contributed by atoms with Gasteiger partial charge in [0.05, 0.1) is 6.54 Å². The van der Waals surface area contributed by atoms with Gasteiger partial charge >= 0.3 is 0 Å². The molecule has 27 heavy (non-hydrogen) atoms. The summed E-state index contributed by atoms with van der Waals surface area (Å²) in [6.45, 7) is 1.61. The van der Waals surface area contributed by atoms with Crippen LogP contribution in [-0.4, -0.2) is 40.9 Å². The summed E-state index contributed by atoms with van der Waals surface area (Å²) in [7, 11) is 3.35. The Hall–Kier alpha value is -1.27. The lowest BCUT2D eigenvalue weighted by atomic mass is 10.1. The van der Waals surface area contributed by atoms with Gasteiger partial charge in [0.2, 0.25) is 0 Å². The summed E-state index contributed by atoms with van der Waals surface area (Å²) >= 11 is 3.44. The Morgan fingerprint density at radius 3 is 3.04 bits per heavy atom. The first-order valence-electron chi connectivity index (χ1n) is 8.41. The van der Waals surface area contributed by atoms with Crippen molar-refractivity contribution in [2.45, 2.75) is 38.6 Å². The van der Waals surface area contributed by atoms with Gasteiger partial charge in [0.1, 0.15) is 18.2 Å². The van der Waals surface area contributed by atoms with Gasteiger partial charge in [-0.2, -0.15) is 5.10 Å². The van der Waals surface area contributed by atoms with Gasteiger partial charge < -0.3 is 15.4 Å². The molecule has 3 rings (SSSR count). The summed E-state index contributed by atoms with van der Waals surface area (Å²) < 4.78 is 21.3. The molecular weight excluding hydrogens is 530 g/mol.